The van der Waals surface area contributed by atoms with E-state index < -0.39 is 44.8 Å². The number of benzene rings is 2. The molecule has 0 radical (unpaired) electrons. The molecular weight excluding hydrogens is 657 g/mol. The number of fused-ring (bicyclic) bond motifs is 5. The van der Waals surface area contributed by atoms with Gasteiger partial charge < -0.3 is 15.0 Å². The molecule has 4 atom stereocenters. The fourth-order valence-electron chi connectivity index (χ4n) is 7.29. The normalized spacial score (nSPS) is 26.7. The number of hydrogen-bond acceptors (Lipinski definition) is 8. The van der Waals surface area contributed by atoms with Gasteiger partial charge in [-0.2, -0.15) is 9.61 Å². The third-order valence-electron chi connectivity index (χ3n) is 10.3. The number of hydrogen-bond donors (Lipinski definition) is 2. The summed E-state index contributed by atoms with van der Waals surface area (Å²) in [7, 11) is -3.82. The zero-order valence-corrected chi connectivity index (χ0v) is 28.5. The molecule has 4 aromatic rings. The first-order valence-electron chi connectivity index (χ1n) is 17.6. The van der Waals surface area contributed by atoms with Crippen LogP contribution in [-0.2, 0) is 24.4 Å². The quantitative estimate of drug-likeness (QED) is 0.284. The lowest BCUT2D eigenvalue weighted by molar-refractivity contribution is -0.139. The maximum absolute atomic E-state index is 14.2. The van der Waals surface area contributed by atoms with E-state index in [4.69, 9.17) is 14.8 Å². The van der Waals surface area contributed by atoms with Crippen molar-refractivity contribution in [1.29, 1.82) is 0 Å². The molecule has 1 saturated heterocycles. The van der Waals surface area contributed by atoms with Gasteiger partial charge in [0.05, 0.1) is 23.0 Å². The van der Waals surface area contributed by atoms with Crippen LogP contribution in [0.3, 0.4) is 0 Å². The van der Waals surface area contributed by atoms with E-state index in [0.717, 1.165) is 42.1 Å². The summed E-state index contributed by atoms with van der Waals surface area (Å²) < 4.78 is 36.1. The van der Waals surface area contributed by atoms with Crippen molar-refractivity contribution in [3.8, 4) is 17.1 Å². The van der Waals surface area contributed by atoms with E-state index in [1.54, 1.807) is 9.42 Å². The van der Waals surface area contributed by atoms with Crippen LogP contribution in [0.1, 0.15) is 64.2 Å². The highest BCUT2D eigenvalue weighted by Crippen LogP contribution is 2.46. The lowest BCUT2D eigenvalue weighted by Crippen LogP contribution is -2.56. The van der Waals surface area contributed by atoms with Gasteiger partial charge >= 0.3 is 0 Å². The number of nitrogens with one attached hydrogen (secondary N) is 2. The lowest BCUT2D eigenvalue weighted by atomic mass is 10.1. The number of ether oxygens (including phenoxy) is 1. The summed E-state index contributed by atoms with van der Waals surface area (Å²) in [6.07, 6.45) is 9.45. The molecule has 0 unspecified atom stereocenters. The highest BCUT2D eigenvalue weighted by Gasteiger charge is 2.62. The van der Waals surface area contributed by atoms with Gasteiger partial charge in [0.2, 0.25) is 27.7 Å². The van der Waals surface area contributed by atoms with Crippen LogP contribution >= 0.6 is 0 Å². The van der Waals surface area contributed by atoms with Gasteiger partial charge in [-0.1, -0.05) is 67.5 Å². The number of amides is 3. The predicted molar refractivity (Wildman–Crippen MR) is 186 cm³/mol. The van der Waals surface area contributed by atoms with Crippen LogP contribution < -0.4 is 14.8 Å². The largest absolute Gasteiger partial charge is 0.472 e. The van der Waals surface area contributed by atoms with E-state index in [2.05, 4.69) is 10.0 Å². The first-order chi connectivity index (χ1) is 24.2. The zero-order valence-electron chi connectivity index (χ0n) is 27.7. The summed E-state index contributed by atoms with van der Waals surface area (Å²) >= 11 is 0. The summed E-state index contributed by atoms with van der Waals surface area (Å²) in [6.45, 7) is 0.167. The Hall–Kier alpha value is -4.78. The summed E-state index contributed by atoms with van der Waals surface area (Å²) in [5.41, 5.74) is 1.58. The van der Waals surface area contributed by atoms with Gasteiger partial charge in [-0.25, -0.2) is 13.4 Å². The molecule has 8 rings (SSSR count). The van der Waals surface area contributed by atoms with E-state index >= 15 is 0 Å². The molecule has 3 amide bonds. The highest BCUT2D eigenvalue weighted by molar-refractivity contribution is 7.91. The van der Waals surface area contributed by atoms with E-state index in [9.17, 15) is 22.8 Å². The molecule has 12 nitrogen and oxygen atoms in total. The molecule has 2 N–H and O–H groups in total. The average Bonchev–Trinajstić information content (AvgIpc) is 4.01. The van der Waals surface area contributed by atoms with Gasteiger partial charge in [0.1, 0.15) is 17.7 Å². The molecule has 4 heterocycles. The van der Waals surface area contributed by atoms with E-state index in [1.165, 1.54) is 0 Å². The van der Waals surface area contributed by atoms with Crippen molar-refractivity contribution in [2.24, 2.45) is 5.92 Å². The van der Waals surface area contributed by atoms with E-state index in [0.29, 0.717) is 42.9 Å². The fourth-order valence-corrected chi connectivity index (χ4v) is 8.65. The minimum atomic E-state index is -3.82. The average molecular weight is 697 g/mol. The van der Waals surface area contributed by atoms with E-state index in [1.807, 2.05) is 72.8 Å². The van der Waals surface area contributed by atoms with Crippen molar-refractivity contribution >= 4 is 44.3 Å². The van der Waals surface area contributed by atoms with Crippen LogP contribution in [0.4, 0.5) is 0 Å². The third kappa shape index (κ3) is 6.23. The van der Waals surface area contributed by atoms with Gasteiger partial charge in [0, 0.05) is 35.8 Å². The van der Waals surface area contributed by atoms with Crippen LogP contribution in [0.5, 0.6) is 5.88 Å². The molecule has 2 aromatic heterocycles. The second kappa shape index (κ2) is 12.8. The number of allylic oxidation sites excluding steroid dienone is 1. The van der Waals surface area contributed by atoms with Gasteiger partial charge in [0.25, 0.3) is 5.91 Å². The number of carbonyl (C=O) groups excluding carboxylic acids is 3. The van der Waals surface area contributed by atoms with Crippen LogP contribution in [0.2, 0.25) is 0 Å². The maximum atomic E-state index is 14.2. The van der Waals surface area contributed by atoms with Gasteiger partial charge in [-0.15, -0.1) is 0 Å². The van der Waals surface area contributed by atoms with Crippen molar-refractivity contribution < 1.29 is 27.5 Å². The zero-order chi connectivity index (χ0) is 34.5. The molecule has 50 heavy (non-hydrogen) atoms. The molecule has 260 valence electrons. The Morgan fingerprint density at radius 3 is 2.60 bits per heavy atom. The predicted octanol–water partition coefficient (Wildman–Crippen LogP) is 4.29. The van der Waals surface area contributed by atoms with Gasteiger partial charge in [-0.05, 0) is 50.7 Å². The van der Waals surface area contributed by atoms with Crippen LogP contribution in [-0.4, -0.2) is 75.1 Å². The summed E-state index contributed by atoms with van der Waals surface area (Å²) in [5.74, 6) is -1.29. The van der Waals surface area contributed by atoms with Crippen molar-refractivity contribution in [2.45, 2.75) is 87.1 Å². The fraction of sp³-hybridized carbons (Fsp3) is 0.432. The van der Waals surface area contributed by atoms with E-state index in [-0.39, 0.29) is 31.2 Å². The molecular formula is C37H40N6O6S. The first-order valence-corrected chi connectivity index (χ1v) is 19.1. The lowest BCUT2D eigenvalue weighted by Gasteiger charge is -2.26. The monoisotopic (exact) mass is 696 g/mol. The Kier molecular flexibility index (Phi) is 8.32. The van der Waals surface area contributed by atoms with Crippen molar-refractivity contribution in [1.82, 2.24) is 29.5 Å². The standard InChI is InChI=1S/C37H40N6O6S/c44-32-17-9-4-2-1-3-8-14-25-22-37(25,36(46)41-50(47,48)27-18-19-27)39-35(45)31-20-26(23-42(31)32)49-33-21-30(24-12-6-5-7-13-24)38-34-28-15-10-11-16-29(28)40-43(33)34/h5-8,10-16,21,25-27,31H,1-4,9,17-20,22-23H2,(H,39,45)(H,41,46)/b14-8-/t25-,26-,31+,37-/m1/s1. The molecule has 2 saturated carbocycles. The first kappa shape index (κ1) is 32.4. The topological polar surface area (TPSA) is 152 Å². The number of rotatable bonds is 6. The third-order valence-corrected chi connectivity index (χ3v) is 12.2. The Balaban J connectivity index is 1.10. The molecule has 0 bridgehead atoms. The summed E-state index contributed by atoms with van der Waals surface area (Å²) in [6, 6.07) is 18.4. The molecule has 0 spiro atoms. The summed E-state index contributed by atoms with van der Waals surface area (Å²) in [5, 5.41) is 7.99. The Bertz CT molecular complexity index is 2110. The number of sulfonamides is 1. The second-order valence-corrected chi connectivity index (χ2v) is 15.9. The van der Waals surface area contributed by atoms with Crippen LogP contribution in [0.15, 0.2) is 72.8 Å². The Morgan fingerprint density at radius 1 is 1.00 bits per heavy atom. The highest BCUT2D eigenvalue weighted by atomic mass is 32.2. The number of aromatic nitrogens is 3. The molecule has 13 heteroatoms. The molecule has 2 aromatic carbocycles. The van der Waals surface area contributed by atoms with Crippen LogP contribution in [0.25, 0.3) is 27.8 Å². The maximum Gasteiger partial charge on any atom is 0.259 e. The van der Waals surface area contributed by atoms with Gasteiger partial charge in [-0.3, -0.25) is 19.1 Å². The molecule has 4 aliphatic rings. The Labute approximate surface area is 290 Å². The minimum absolute atomic E-state index is 0.152. The smallest absolute Gasteiger partial charge is 0.259 e. The molecule has 3 fully saturated rings. The van der Waals surface area contributed by atoms with Crippen molar-refractivity contribution in [3.63, 3.8) is 0 Å². The number of nitrogens with zero attached hydrogens (tertiary/aromatic N) is 4. The summed E-state index contributed by atoms with van der Waals surface area (Å²) in [4.78, 5) is 48.0. The second-order valence-electron chi connectivity index (χ2n) is 14.0. The van der Waals surface area contributed by atoms with Crippen molar-refractivity contribution in [3.05, 3.63) is 72.8 Å². The Morgan fingerprint density at radius 2 is 1.78 bits per heavy atom. The van der Waals surface area contributed by atoms with Crippen LogP contribution in [0, 0.1) is 5.92 Å². The number of carbonyl (C=O) groups is 3. The SMILES string of the molecule is O=C1N[C@]2(C(=O)NS(=O)(=O)C3CC3)C[C@H]2/C=C\CCCCCCC(=O)N2C[C@H](Oc3cc(-c4ccccc4)nc4c5ccccc5nn34)C[C@@H]12. The van der Waals surface area contributed by atoms with Gasteiger partial charge in [0.15, 0.2) is 5.65 Å². The molecule has 2 aliphatic heterocycles. The minimum Gasteiger partial charge on any atom is -0.472 e. The van der Waals surface area contributed by atoms with Crippen molar-refractivity contribution in [2.75, 3.05) is 6.54 Å². The molecule has 2 aliphatic carbocycles.